The summed E-state index contributed by atoms with van der Waals surface area (Å²) in [6, 6.07) is -0.315. The van der Waals surface area contributed by atoms with E-state index in [0.717, 1.165) is 18.4 Å². The van der Waals surface area contributed by atoms with E-state index in [4.69, 9.17) is 5.84 Å². The van der Waals surface area contributed by atoms with E-state index in [1.54, 1.807) is 0 Å². The normalized spacial score (nSPS) is 26.9. The zero-order valence-corrected chi connectivity index (χ0v) is 10.9. The molecular weight excluding hydrogens is 241 g/mol. The topological polar surface area (TPSA) is 38.0 Å². The van der Waals surface area contributed by atoms with Crippen molar-refractivity contribution in [1.82, 2.24) is 5.43 Å². The quantitative estimate of drug-likeness (QED) is 0.453. The van der Waals surface area contributed by atoms with Gasteiger partial charge in [0.05, 0.1) is 5.92 Å². The molecule has 1 saturated carbocycles. The zero-order chi connectivity index (χ0) is 13.8. The van der Waals surface area contributed by atoms with Crippen molar-refractivity contribution in [1.29, 1.82) is 0 Å². The van der Waals surface area contributed by atoms with E-state index in [0.29, 0.717) is 19.3 Å². The zero-order valence-electron chi connectivity index (χ0n) is 10.9. The van der Waals surface area contributed by atoms with E-state index in [1.165, 1.54) is 0 Å². The van der Waals surface area contributed by atoms with Crippen LogP contribution < -0.4 is 11.3 Å². The number of nitrogens with one attached hydrogen (secondary N) is 1. The standard InChI is InChI=1S/C13H23F3N2/c1-3-9(2)8-12(18-17)10-6-4-5-7-11(10)13(14,15)16/h10-12,18H,2-8,17H2,1H3. The first-order valence-electron chi connectivity index (χ1n) is 6.59. The molecule has 1 fully saturated rings. The molecule has 2 nitrogen and oxygen atoms in total. The summed E-state index contributed by atoms with van der Waals surface area (Å²) in [6.07, 6.45) is -0.471. The van der Waals surface area contributed by atoms with Crippen LogP contribution in [0.1, 0.15) is 45.4 Å². The lowest BCUT2D eigenvalue weighted by atomic mass is 9.73. The summed E-state index contributed by atoms with van der Waals surface area (Å²) in [6.45, 7) is 5.82. The van der Waals surface area contributed by atoms with E-state index in [2.05, 4.69) is 12.0 Å². The van der Waals surface area contributed by atoms with Gasteiger partial charge in [-0.25, -0.2) is 0 Å². The van der Waals surface area contributed by atoms with Crippen molar-refractivity contribution >= 4 is 0 Å². The van der Waals surface area contributed by atoms with Crippen LogP contribution in [0.15, 0.2) is 12.2 Å². The Hall–Kier alpha value is -0.550. The maximum atomic E-state index is 13.0. The Morgan fingerprint density at radius 1 is 1.39 bits per heavy atom. The van der Waals surface area contributed by atoms with E-state index in [9.17, 15) is 13.2 Å². The Labute approximate surface area is 107 Å². The molecule has 106 valence electrons. The molecule has 0 radical (unpaired) electrons. The second-order valence-corrected chi connectivity index (χ2v) is 5.18. The third kappa shape index (κ3) is 3.99. The lowest BCUT2D eigenvalue weighted by Crippen LogP contribution is -2.48. The van der Waals surface area contributed by atoms with E-state index in [1.807, 2.05) is 6.92 Å². The Balaban J connectivity index is 2.77. The van der Waals surface area contributed by atoms with Crippen LogP contribution in [0.25, 0.3) is 0 Å². The molecule has 1 aliphatic carbocycles. The Morgan fingerprint density at radius 3 is 2.50 bits per heavy atom. The van der Waals surface area contributed by atoms with Gasteiger partial charge in [-0.05, 0) is 31.6 Å². The van der Waals surface area contributed by atoms with Crippen LogP contribution in [0, 0.1) is 11.8 Å². The highest BCUT2D eigenvalue weighted by Gasteiger charge is 2.47. The molecule has 0 aromatic heterocycles. The smallest absolute Gasteiger partial charge is 0.271 e. The largest absolute Gasteiger partial charge is 0.392 e. The predicted molar refractivity (Wildman–Crippen MR) is 66.7 cm³/mol. The first kappa shape index (κ1) is 15.5. The van der Waals surface area contributed by atoms with Gasteiger partial charge in [-0.3, -0.25) is 11.3 Å². The summed E-state index contributed by atoms with van der Waals surface area (Å²) >= 11 is 0. The van der Waals surface area contributed by atoms with Crippen LogP contribution in [0.2, 0.25) is 0 Å². The summed E-state index contributed by atoms with van der Waals surface area (Å²) < 4.78 is 39.0. The number of hydrogen-bond donors (Lipinski definition) is 2. The maximum absolute atomic E-state index is 13.0. The molecule has 0 saturated heterocycles. The van der Waals surface area contributed by atoms with Crippen LogP contribution in [0.5, 0.6) is 0 Å². The van der Waals surface area contributed by atoms with Gasteiger partial charge in [0.25, 0.3) is 0 Å². The summed E-state index contributed by atoms with van der Waals surface area (Å²) in [5, 5.41) is 0. The molecule has 0 bridgehead atoms. The highest BCUT2D eigenvalue weighted by molar-refractivity contribution is 5.00. The van der Waals surface area contributed by atoms with Crippen LogP contribution in [0.4, 0.5) is 13.2 Å². The number of hydrazine groups is 1. The summed E-state index contributed by atoms with van der Waals surface area (Å²) in [4.78, 5) is 0. The van der Waals surface area contributed by atoms with Gasteiger partial charge in [-0.2, -0.15) is 13.2 Å². The number of alkyl halides is 3. The van der Waals surface area contributed by atoms with Gasteiger partial charge in [0.15, 0.2) is 0 Å². The fraction of sp³-hybridized carbons (Fsp3) is 0.846. The van der Waals surface area contributed by atoms with Gasteiger partial charge in [0, 0.05) is 6.04 Å². The third-order valence-corrected chi connectivity index (χ3v) is 3.98. The van der Waals surface area contributed by atoms with Gasteiger partial charge < -0.3 is 0 Å². The Morgan fingerprint density at radius 2 is 2.00 bits per heavy atom. The van der Waals surface area contributed by atoms with E-state index < -0.39 is 18.0 Å². The van der Waals surface area contributed by atoms with Crippen molar-refractivity contribution in [3.05, 3.63) is 12.2 Å². The highest BCUT2D eigenvalue weighted by atomic mass is 19.4. The van der Waals surface area contributed by atoms with Gasteiger partial charge >= 0.3 is 6.18 Å². The Kier molecular flexibility index (Phi) is 5.66. The average Bonchev–Trinajstić information content (AvgIpc) is 2.34. The molecule has 0 aromatic carbocycles. The second-order valence-electron chi connectivity index (χ2n) is 5.18. The molecule has 0 amide bonds. The van der Waals surface area contributed by atoms with E-state index in [-0.39, 0.29) is 12.5 Å². The first-order valence-corrected chi connectivity index (χ1v) is 6.59. The molecule has 0 aromatic rings. The minimum Gasteiger partial charge on any atom is -0.271 e. The van der Waals surface area contributed by atoms with Gasteiger partial charge in [0.1, 0.15) is 0 Å². The molecule has 18 heavy (non-hydrogen) atoms. The molecular formula is C13H23F3N2. The van der Waals surface area contributed by atoms with Crippen LogP contribution in [-0.4, -0.2) is 12.2 Å². The first-order chi connectivity index (χ1) is 8.40. The van der Waals surface area contributed by atoms with Gasteiger partial charge in [0.2, 0.25) is 0 Å². The van der Waals surface area contributed by atoms with Crippen molar-refractivity contribution in [3.63, 3.8) is 0 Å². The number of hydrogen-bond acceptors (Lipinski definition) is 2. The monoisotopic (exact) mass is 264 g/mol. The molecule has 5 heteroatoms. The SMILES string of the molecule is C=C(CC)CC(NN)C1CCCCC1C(F)(F)F. The minimum absolute atomic E-state index is 0.227. The molecule has 0 spiro atoms. The average molecular weight is 264 g/mol. The van der Waals surface area contributed by atoms with Crippen molar-refractivity contribution in [2.45, 2.75) is 57.7 Å². The van der Waals surface area contributed by atoms with Crippen molar-refractivity contribution in [3.8, 4) is 0 Å². The van der Waals surface area contributed by atoms with Crippen molar-refractivity contribution < 1.29 is 13.2 Å². The van der Waals surface area contributed by atoms with Crippen LogP contribution >= 0.6 is 0 Å². The van der Waals surface area contributed by atoms with Gasteiger partial charge in [-0.1, -0.05) is 31.9 Å². The maximum Gasteiger partial charge on any atom is 0.392 e. The summed E-state index contributed by atoms with van der Waals surface area (Å²) in [5.74, 6) is 3.80. The molecule has 1 rings (SSSR count). The second kappa shape index (κ2) is 6.57. The summed E-state index contributed by atoms with van der Waals surface area (Å²) in [7, 11) is 0. The van der Waals surface area contributed by atoms with Crippen LogP contribution in [-0.2, 0) is 0 Å². The fourth-order valence-corrected chi connectivity index (χ4v) is 2.84. The molecule has 1 aliphatic rings. The molecule has 0 heterocycles. The van der Waals surface area contributed by atoms with Crippen molar-refractivity contribution in [2.24, 2.45) is 17.7 Å². The minimum atomic E-state index is -4.12. The van der Waals surface area contributed by atoms with Gasteiger partial charge in [-0.15, -0.1) is 0 Å². The number of halogens is 3. The third-order valence-electron chi connectivity index (χ3n) is 3.98. The fourth-order valence-electron chi connectivity index (χ4n) is 2.84. The highest BCUT2D eigenvalue weighted by Crippen LogP contribution is 2.43. The summed E-state index contributed by atoms with van der Waals surface area (Å²) in [5.41, 5.74) is 3.53. The van der Waals surface area contributed by atoms with E-state index >= 15 is 0 Å². The Bertz CT molecular complexity index is 276. The lowest BCUT2D eigenvalue weighted by molar-refractivity contribution is -0.199. The van der Waals surface area contributed by atoms with Crippen LogP contribution in [0.3, 0.4) is 0 Å². The molecule has 0 aliphatic heterocycles. The number of nitrogens with two attached hydrogens (primary N) is 1. The van der Waals surface area contributed by atoms with Crippen molar-refractivity contribution in [2.75, 3.05) is 0 Å². The number of rotatable bonds is 5. The molecule has 3 atom stereocenters. The molecule has 3 N–H and O–H groups in total. The molecule has 3 unspecified atom stereocenters. The predicted octanol–water partition coefficient (Wildman–Crippen LogP) is 3.54. The lowest BCUT2D eigenvalue weighted by Gasteiger charge is -2.38.